The first kappa shape index (κ1) is 36.2. The summed E-state index contributed by atoms with van der Waals surface area (Å²) >= 11 is 0. The van der Waals surface area contributed by atoms with E-state index in [1.165, 1.54) is 23.0 Å². The minimum absolute atomic E-state index is 0.0542. The third-order valence-electron chi connectivity index (χ3n) is 6.85. The van der Waals surface area contributed by atoms with Crippen molar-refractivity contribution in [1.29, 1.82) is 0 Å². The van der Waals surface area contributed by atoms with Crippen LogP contribution in [0.1, 0.15) is 63.4 Å². The van der Waals surface area contributed by atoms with Crippen LogP contribution in [0.15, 0.2) is 47.5 Å². The number of carbonyl (C=O) groups is 4. The van der Waals surface area contributed by atoms with Crippen LogP contribution in [-0.4, -0.2) is 58.7 Å². The molecular weight excluding hydrogens is 611 g/mol. The van der Waals surface area contributed by atoms with Crippen LogP contribution >= 0.6 is 0 Å². The van der Waals surface area contributed by atoms with Gasteiger partial charge in [-0.3, -0.25) is 23.7 Å². The number of benzene rings is 2. The predicted octanol–water partition coefficient (Wildman–Crippen LogP) is 3.74. The van der Waals surface area contributed by atoms with Gasteiger partial charge in [0.05, 0.1) is 41.1 Å². The Balaban J connectivity index is 1.71. The summed E-state index contributed by atoms with van der Waals surface area (Å²) in [5.74, 6) is -0.902. The van der Waals surface area contributed by atoms with E-state index in [1.807, 2.05) is 0 Å². The molecular formula is C34H39FN4O8. The largest absolute Gasteiger partial charge is 0.466 e. The quantitative estimate of drug-likeness (QED) is 0.150. The van der Waals surface area contributed by atoms with Crippen molar-refractivity contribution in [2.24, 2.45) is 5.41 Å². The van der Waals surface area contributed by atoms with Crippen LogP contribution in [-0.2, 0) is 41.7 Å². The second-order valence-corrected chi connectivity index (χ2v) is 11.6. The number of fused-ring (bicyclic) bond motifs is 1. The lowest BCUT2D eigenvalue weighted by Crippen LogP contribution is -2.42. The fourth-order valence-electron chi connectivity index (χ4n) is 4.37. The first-order valence-corrected chi connectivity index (χ1v) is 15.1. The molecule has 0 bridgehead atoms. The lowest BCUT2D eigenvalue weighted by molar-refractivity contribution is -0.157. The summed E-state index contributed by atoms with van der Waals surface area (Å²) in [6.07, 6.45) is 7.09. The molecule has 0 fully saturated rings. The van der Waals surface area contributed by atoms with Gasteiger partial charge in [0, 0.05) is 18.5 Å². The molecule has 0 saturated carbocycles. The molecule has 0 aliphatic carbocycles. The van der Waals surface area contributed by atoms with Gasteiger partial charge in [-0.05, 0) is 76.9 Å². The zero-order valence-corrected chi connectivity index (χ0v) is 27.1. The fourth-order valence-corrected chi connectivity index (χ4v) is 4.37. The molecule has 0 saturated heterocycles. The molecule has 2 N–H and O–H groups in total. The number of anilines is 1. The Bertz CT molecular complexity index is 1720. The number of nitrogens with one attached hydrogen (secondary N) is 2. The molecule has 12 nitrogen and oxygen atoms in total. The molecule has 3 rings (SSSR count). The van der Waals surface area contributed by atoms with Crippen molar-refractivity contribution >= 4 is 40.4 Å². The van der Waals surface area contributed by atoms with E-state index in [-0.39, 0.29) is 50.5 Å². The van der Waals surface area contributed by atoms with E-state index in [2.05, 4.69) is 21.5 Å². The molecule has 1 aromatic heterocycles. The minimum Gasteiger partial charge on any atom is -0.466 e. The standard InChI is InChI=1S/C34H39FN4O8/c1-7-22(16-21-10-13-27-25(17-21)31(42)39(19-36-27)20-47-33(44)34(4,5)6)37-23-11-12-24(26(35)18-23)30(41)38-28(32(43)46-9-3)14-15-29(40)45-8-2/h1,10-13,17-19,22,28,37H,8-9,14-16,20H2,2-6H3,(H,38,41)/t22?,28-/m0/s1. The molecule has 47 heavy (non-hydrogen) atoms. The number of terminal acetylenes is 1. The maximum absolute atomic E-state index is 15.1. The number of ether oxygens (including phenoxy) is 3. The summed E-state index contributed by atoms with van der Waals surface area (Å²) in [4.78, 5) is 66.5. The van der Waals surface area contributed by atoms with E-state index >= 15 is 4.39 Å². The molecule has 0 aliphatic heterocycles. The van der Waals surface area contributed by atoms with Crippen LogP contribution in [0.2, 0.25) is 0 Å². The first-order valence-electron chi connectivity index (χ1n) is 15.1. The van der Waals surface area contributed by atoms with Gasteiger partial charge < -0.3 is 24.8 Å². The second kappa shape index (κ2) is 16.4. The van der Waals surface area contributed by atoms with Gasteiger partial charge in [0.25, 0.3) is 11.5 Å². The number of esters is 3. The number of hydrogen-bond acceptors (Lipinski definition) is 10. The molecule has 2 aromatic carbocycles. The highest BCUT2D eigenvalue weighted by Crippen LogP contribution is 2.19. The Labute approximate surface area is 272 Å². The minimum atomic E-state index is -1.19. The van der Waals surface area contributed by atoms with Crippen LogP contribution in [0, 0.1) is 23.6 Å². The van der Waals surface area contributed by atoms with E-state index in [0.717, 1.165) is 6.07 Å². The van der Waals surface area contributed by atoms with Gasteiger partial charge >= 0.3 is 17.9 Å². The van der Waals surface area contributed by atoms with Gasteiger partial charge in [-0.1, -0.05) is 12.0 Å². The molecule has 250 valence electrons. The van der Waals surface area contributed by atoms with Crippen LogP contribution in [0.3, 0.4) is 0 Å². The lowest BCUT2D eigenvalue weighted by atomic mass is 9.98. The lowest BCUT2D eigenvalue weighted by Gasteiger charge is -2.18. The molecule has 0 spiro atoms. The molecule has 1 amide bonds. The van der Waals surface area contributed by atoms with Crippen molar-refractivity contribution in [2.45, 2.75) is 72.7 Å². The molecule has 13 heteroatoms. The van der Waals surface area contributed by atoms with E-state index in [4.69, 9.17) is 20.6 Å². The summed E-state index contributed by atoms with van der Waals surface area (Å²) in [5, 5.41) is 5.77. The Morgan fingerprint density at radius 1 is 1.04 bits per heavy atom. The van der Waals surface area contributed by atoms with Crippen LogP contribution in [0.5, 0.6) is 0 Å². The number of amides is 1. The third-order valence-corrected chi connectivity index (χ3v) is 6.85. The van der Waals surface area contributed by atoms with Gasteiger partial charge in [-0.15, -0.1) is 6.42 Å². The Hall–Kier alpha value is -5.25. The van der Waals surface area contributed by atoms with Gasteiger partial charge in [0.15, 0.2) is 6.73 Å². The Kier molecular flexibility index (Phi) is 12.6. The number of rotatable bonds is 14. The summed E-state index contributed by atoms with van der Waals surface area (Å²) < 4.78 is 31.4. The smallest absolute Gasteiger partial charge is 0.328 e. The highest BCUT2D eigenvalue weighted by atomic mass is 19.1. The zero-order valence-electron chi connectivity index (χ0n) is 27.1. The van der Waals surface area contributed by atoms with Crippen LogP contribution < -0.4 is 16.2 Å². The number of nitrogens with zero attached hydrogens (tertiary/aromatic N) is 2. The second-order valence-electron chi connectivity index (χ2n) is 11.6. The summed E-state index contributed by atoms with van der Waals surface area (Å²) in [6.45, 7) is 8.30. The van der Waals surface area contributed by atoms with Crippen LogP contribution in [0.4, 0.5) is 10.1 Å². The normalized spacial score (nSPS) is 12.4. The average Bonchev–Trinajstić information content (AvgIpc) is 3.02. The van der Waals surface area contributed by atoms with Gasteiger partial charge in [-0.25, -0.2) is 14.2 Å². The van der Waals surface area contributed by atoms with E-state index in [9.17, 15) is 24.0 Å². The van der Waals surface area contributed by atoms with Crippen molar-refractivity contribution in [2.75, 3.05) is 18.5 Å². The monoisotopic (exact) mass is 650 g/mol. The Morgan fingerprint density at radius 3 is 2.40 bits per heavy atom. The summed E-state index contributed by atoms with van der Waals surface area (Å²) in [6, 6.07) is 7.07. The van der Waals surface area contributed by atoms with Crippen molar-refractivity contribution < 1.29 is 37.8 Å². The number of aromatic nitrogens is 2. The Morgan fingerprint density at radius 2 is 1.77 bits per heavy atom. The molecule has 3 aromatic rings. The molecule has 0 aliphatic rings. The SMILES string of the molecule is C#CC(Cc1ccc2ncn(COC(=O)C(C)(C)C)c(=O)c2c1)Nc1ccc(C(=O)N[C@@H](CCC(=O)OCC)C(=O)OCC)c(F)c1. The van der Waals surface area contributed by atoms with Gasteiger partial charge in [-0.2, -0.15) is 0 Å². The van der Waals surface area contributed by atoms with Crippen LogP contribution in [0.25, 0.3) is 10.9 Å². The fraction of sp³-hybridized carbons (Fsp3) is 0.412. The van der Waals surface area contributed by atoms with Crippen molar-refractivity contribution in [3.63, 3.8) is 0 Å². The highest BCUT2D eigenvalue weighted by molar-refractivity contribution is 5.97. The molecule has 1 unspecified atom stereocenters. The maximum atomic E-state index is 15.1. The molecule has 0 radical (unpaired) electrons. The van der Waals surface area contributed by atoms with Gasteiger partial charge in [0.2, 0.25) is 0 Å². The molecule has 2 atom stereocenters. The number of halogens is 1. The van der Waals surface area contributed by atoms with Gasteiger partial charge in [0.1, 0.15) is 18.2 Å². The van der Waals surface area contributed by atoms with E-state index < -0.39 is 52.7 Å². The van der Waals surface area contributed by atoms with E-state index in [0.29, 0.717) is 16.5 Å². The number of carbonyl (C=O) groups excluding carboxylic acids is 4. The summed E-state index contributed by atoms with van der Waals surface area (Å²) in [7, 11) is 0. The summed E-state index contributed by atoms with van der Waals surface area (Å²) in [5.41, 5.74) is -0.0228. The van der Waals surface area contributed by atoms with Crippen molar-refractivity contribution in [1.82, 2.24) is 14.9 Å². The maximum Gasteiger partial charge on any atom is 0.328 e. The average molecular weight is 651 g/mol. The predicted molar refractivity (Wildman–Crippen MR) is 172 cm³/mol. The topological polar surface area (TPSA) is 155 Å². The third kappa shape index (κ3) is 10.1. The van der Waals surface area contributed by atoms with Crippen molar-refractivity contribution in [3.05, 3.63) is 70.0 Å². The molecule has 1 heterocycles. The first-order chi connectivity index (χ1) is 22.3. The number of hydrogen-bond donors (Lipinski definition) is 2. The van der Waals surface area contributed by atoms with E-state index in [1.54, 1.807) is 52.8 Å². The van der Waals surface area contributed by atoms with Crippen molar-refractivity contribution in [3.8, 4) is 12.3 Å². The zero-order chi connectivity index (χ0) is 34.7. The highest BCUT2D eigenvalue weighted by Gasteiger charge is 2.26.